The van der Waals surface area contributed by atoms with Gasteiger partial charge in [-0.15, -0.1) is 10.2 Å². The van der Waals surface area contributed by atoms with Crippen LogP contribution in [0.2, 0.25) is 0 Å². The fourth-order valence-corrected chi connectivity index (χ4v) is 3.21. The van der Waals surface area contributed by atoms with Gasteiger partial charge in [0.15, 0.2) is 0 Å². The standard InChI is InChI=1S/C20H20FN5O2/c21-16-10-8-15(9-11-16)20-22-24-26(23-20)14-19(27)25(13-18-7-4-12-28-18)17-5-2-1-3-6-17/h4-5,7-12H,1-3,6,13-14H2. The van der Waals surface area contributed by atoms with Crippen molar-refractivity contribution >= 4 is 5.91 Å². The Hall–Kier alpha value is -3.29. The zero-order valence-electron chi connectivity index (χ0n) is 15.3. The third-order valence-electron chi connectivity index (χ3n) is 4.64. The molecule has 0 radical (unpaired) electrons. The van der Waals surface area contributed by atoms with Crippen LogP contribution in [-0.2, 0) is 17.9 Å². The Labute approximate surface area is 161 Å². The largest absolute Gasteiger partial charge is 0.467 e. The average Bonchev–Trinajstić information content (AvgIpc) is 3.39. The zero-order chi connectivity index (χ0) is 19.3. The molecule has 0 N–H and O–H groups in total. The number of carbonyl (C=O) groups is 1. The van der Waals surface area contributed by atoms with Crippen molar-refractivity contribution in [3.05, 3.63) is 66.0 Å². The summed E-state index contributed by atoms with van der Waals surface area (Å²) < 4.78 is 18.5. The van der Waals surface area contributed by atoms with Gasteiger partial charge in [-0.2, -0.15) is 4.80 Å². The molecular formula is C20H20FN5O2. The highest BCUT2D eigenvalue weighted by Gasteiger charge is 2.22. The first-order chi connectivity index (χ1) is 13.7. The number of allylic oxidation sites excluding steroid dienone is 2. The van der Waals surface area contributed by atoms with Crippen molar-refractivity contribution in [3.63, 3.8) is 0 Å². The first-order valence-electron chi connectivity index (χ1n) is 9.24. The fourth-order valence-electron chi connectivity index (χ4n) is 3.21. The number of amides is 1. The van der Waals surface area contributed by atoms with Crippen LogP contribution in [-0.4, -0.2) is 31.0 Å². The average molecular weight is 381 g/mol. The van der Waals surface area contributed by atoms with Gasteiger partial charge in [-0.3, -0.25) is 4.79 Å². The second-order valence-corrected chi connectivity index (χ2v) is 6.65. The molecule has 7 nitrogen and oxygen atoms in total. The van der Waals surface area contributed by atoms with Crippen LogP contribution in [0, 0.1) is 5.82 Å². The molecule has 0 saturated carbocycles. The molecule has 2 heterocycles. The van der Waals surface area contributed by atoms with E-state index in [1.54, 1.807) is 29.4 Å². The summed E-state index contributed by atoms with van der Waals surface area (Å²) in [7, 11) is 0. The van der Waals surface area contributed by atoms with Gasteiger partial charge in [0.2, 0.25) is 5.82 Å². The third-order valence-corrected chi connectivity index (χ3v) is 4.64. The SMILES string of the molecule is O=C(Cn1nnc(-c2ccc(F)cc2)n1)N(Cc1ccco1)C1=CCCCC1. The topological polar surface area (TPSA) is 77.1 Å². The smallest absolute Gasteiger partial charge is 0.250 e. The predicted octanol–water partition coefficient (Wildman–Crippen LogP) is 3.56. The minimum Gasteiger partial charge on any atom is -0.467 e. The van der Waals surface area contributed by atoms with Crippen molar-refractivity contribution < 1.29 is 13.6 Å². The Balaban J connectivity index is 1.51. The number of aromatic nitrogens is 4. The first-order valence-corrected chi connectivity index (χ1v) is 9.24. The van der Waals surface area contributed by atoms with Crippen LogP contribution in [0.3, 0.4) is 0 Å². The highest BCUT2D eigenvalue weighted by atomic mass is 19.1. The summed E-state index contributed by atoms with van der Waals surface area (Å²) in [4.78, 5) is 16.0. The van der Waals surface area contributed by atoms with Gasteiger partial charge in [0.05, 0.1) is 12.8 Å². The summed E-state index contributed by atoms with van der Waals surface area (Å²) in [5.41, 5.74) is 1.65. The predicted molar refractivity (Wildman–Crippen MR) is 99.0 cm³/mol. The summed E-state index contributed by atoms with van der Waals surface area (Å²) in [6.07, 6.45) is 7.73. The zero-order valence-corrected chi connectivity index (χ0v) is 15.3. The summed E-state index contributed by atoms with van der Waals surface area (Å²) in [6.45, 7) is 0.337. The van der Waals surface area contributed by atoms with E-state index in [1.165, 1.54) is 16.9 Å². The minimum atomic E-state index is -0.333. The van der Waals surface area contributed by atoms with Gasteiger partial charge in [0.1, 0.15) is 18.1 Å². The van der Waals surface area contributed by atoms with Gasteiger partial charge in [-0.05, 0) is 67.3 Å². The molecular weight excluding hydrogens is 361 g/mol. The van der Waals surface area contributed by atoms with Crippen molar-refractivity contribution in [1.29, 1.82) is 0 Å². The molecule has 0 bridgehead atoms. The van der Waals surface area contributed by atoms with Crippen LogP contribution >= 0.6 is 0 Å². The lowest BCUT2D eigenvalue weighted by Gasteiger charge is -2.26. The van der Waals surface area contributed by atoms with Crippen LogP contribution in [0.4, 0.5) is 4.39 Å². The molecule has 0 saturated heterocycles. The molecule has 0 fully saturated rings. The van der Waals surface area contributed by atoms with Crippen molar-refractivity contribution in [1.82, 2.24) is 25.1 Å². The van der Waals surface area contributed by atoms with Crippen LogP contribution in [0.25, 0.3) is 11.4 Å². The Morgan fingerprint density at radius 2 is 2.07 bits per heavy atom. The van der Waals surface area contributed by atoms with Crippen LogP contribution in [0.1, 0.15) is 31.4 Å². The van der Waals surface area contributed by atoms with Gasteiger partial charge in [-0.25, -0.2) is 4.39 Å². The molecule has 2 aromatic heterocycles. The lowest BCUT2D eigenvalue weighted by molar-refractivity contribution is -0.131. The molecule has 1 amide bonds. The lowest BCUT2D eigenvalue weighted by atomic mass is 10.0. The lowest BCUT2D eigenvalue weighted by Crippen LogP contribution is -2.34. The fraction of sp³-hybridized carbons (Fsp3) is 0.300. The molecule has 28 heavy (non-hydrogen) atoms. The number of nitrogens with zero attached hydrogens (tertiary/aromatic N) is 5. The van der Waals surface area contributed by atoms with E-state index in [4.69, 9.17) is 4.42 Å². The number of hydrogen-bond acceptors (Lipinski definition) is 5. The summed E-state index contributed by atoms with van der Waals surface area (Å²) in [5.74, 6) is 0.605. The van der Waals surface area contributed by atoms with Crippen molar-refractivity contribution in [2.45, 2.75) is 38.8 Å². The van der Waals surface area contributed by atoms with Gasteiger partial charge >= 0.3 is 0 Å². The van der Waals surface area contributed by atoms with E-state index in [1.807, 2.05) is 6.07 Å². The molecule has 4 rings (SSSR count). The quantitative estimate of drug-likeness (QED) is 0.652. The number of halogens is 1. The highest BCUT2D eigenvalue weighted by Crippen LogP contribution is 2.23. The minimum absolute atomic E-state index is 0.0355. The van der Waals surface area contributed by atoms with E-state index in [2.05, 4.69) is 21.5 Å². The maximum atomic E-state index is 13.1. The second kappa shape index (κ2) is 8.16. The van der Waals surface area contributed by atoms with Gasteiger partial charge in [0, 0.05) is 11.3 Å². The second-order valence-electron chi connectivity index (χ2n) is 6.65. The number of furan rings is 1. The molecule has 0 aliphatic heterocycles. The molecule has 1 aliphatic rings. The summed E-state index contributed by atoms with van der Waals surface area (Å²) in [5, 5.41) is 12.2. The van der Waals surface area contributed by atoms with Crippen molar-refractivity contribution in [3.8, 4) is 11.4 Å². The van der Waals surface area contributed by atoms with Crippen LogP contribution in [0.5, 0.6) is 0 Å². The monoisotopic (exact) mass is 381 g/mol. The third kappa shape index (κ3) is 4.16. The number of rotatable bonds is 6. The van der Waals surface area contributed by atoms with E-state index < -0.39 is 0 Å². The molecule has 8 heteroatoms. The highest BCUT2D eigenvalue weighted by molar-refractivity contribution is 5.77. The first kappa shape index (κ1) is 18.1. The van der Waals surface area contributed by atoms with Gasteiger partial charge in [0.25, 0.3) is 5.91 Å². The van der Waals surface area contributed by atoms with E-state index in [-0.39, 0.29) is 18.3 Å². The number of carbonyl (C=O) groups excluding carboxylic acids is 1. The van der Waals surface area contributed by atoms with Crippen molar-refractivity contribution in [2.24, 2.45) is 0 Å². The molecule has 0 spiro atoms. The number of tetrazole rings is 1. The number of benzene rings is 1. The normalized spacial score (nSPS) is 14.0. The number of hydrogen-bond donors (Lipinski definition) is 0. The van der Waals surface area contributed by atoms with Gasteiger partial charge < -0.3 is 9.32 Å². The van der Waals surface area contributed by atoms with Crippen LogP contribution in [0.15, 0.2) is 58.9 Å². The Morgan fingerprint density at radius 1 is 1.21 bits per heavy atom. The van der Waals surface area contributed by atoms with E-state index >= 15 is 0 Å². The van der Waals surface area contributed by atoms with E-state index in [9.17, 15) is 9.18 Å². The van der Waals surface area contributed by atoms with E-state index in [0.29, 0.717) is 17.9 Å². The van der Waals surface area contributed by atoms with Crippen molar-refractivity contribution in [2.75, 3.05) is 0 Å². The molecule has 0 atom stereocenters. The summed E-state index contributed by atoms with van der Waals surface area (Å²) >= 11 is 0. The molecule has 0 unspecified atom stereocenters. The molecule has 144 valence electrons. The molecule has 1 aliphatic carbocycles. The van der Waals surface area contributed by atoms with Crippen LogP contribution < -0.4 is 0 Å². The summed E-state index contributed by atoms with van der Waals surface area (Å²) in [6, 6.07) is 9.48. The maximum absolute atomic E-state index is 13.1. The Bertz CT molecular complexity index is 963. The maximum Gasteiger partial charge on any atom is 0.250 e. The van der Waals surface area contributed by atoms with E-state index in [0.717, 1.165) is 37.1 Å². The molecule has 1 aromatic carbocycles. The Kier molecular flexibility index (Phi) is 5.27. The molecule has 3 aromatic rings. The Morgan fingerprint density at radius 3 is 2.79 bits per heavy atom. The van der Waals surface area contributed by atoms with Gasteiger partial charge in [-0.1, -0.05) is 6.08 Å².